The second-order valence-corrected chi connectivity index (χ2v) is 15.6. The molecule has 0 radical (unpaired) electrons. The lowest BCUT2D eigenvalue weighted by Crippen LogP contribution is -2.40. The third-order valence-electron chi connectivity index (χ3n) is 6.44. The van der Waals surface area contributed by atoms with Gasteiger partial charge in [-0.3, -0.25) is 0 Å². The highest BCUT2D eigenvalue weighted by Crippen LogP contribution is 2.53. The molecule has 0 aromatic carbocycles. The fraction of sp³-hybridized carbons (Fsp3) is 0.810. The Morgan fingerprint density at radius 2 is 2.00 bits per heavy atom. The van der Waals surface area contributed by atoms with E-state index in [4.69, 9.17) is 4.43 Å². The molecule has 2 atom stereocenters. The Balaban J connectivity index is 2.59. The van der Waals surface area contributed by atoms with Crippen molar-refractivity contribution in [3.05, 3.63) is 21.3 Å². The molecule has 0 fully saturated rings. The Bertz CT molecular complexity index is 485. The Morgan fingerprint density at radius 1 is 1.42 bits per heavy atom. The van der Waals surface area contributed by atoms with Crippen molar-refractivity contribution in [1.29, 1.82) is 0 Å². The minimum absolute atomic E-state index is 0.289. The summed E-state index contributed by atoms with van der Waals surface area (Å²) in [6, 6.07) is 0. The Morgan fingerprint density at radius 3 is 2.50 bits per heavy atom. The van der Waals surface area contributed by atoms with E-state index in [9.17, 15) is 0 Å². The molecule has 3 heteroatoms. The van der Waals surface area contributed by atoms with E-state index < -0.39 is 8.32 Å². The van der Waals surface area contributed by atoms with Gasteiger partial charge >= 0.3 is 0 Å². The topological polar surface area (TPSA) is 9.23 Å². The molecule has 0 N–H and O–H groups in total. The highest BCUT2D eigenvalue weighted by atomic mass is 127. The quantitative estimate of drug-likeness (QED) is 0.214. The molecular weight excluding hydrogens is 423 g/mol. The number of hydrogen-bond acceptors (Lipinski definition) is 1. The molecule has 140 valence electrons. The maximum Gasteiger partial charge on any atom is 0.192 e. The van der Waals surface area contributed by atoms with E-state index in [1.807, 2.05) is 0 Å². The third kappa shape index (κ3) is 5.44. The van der Waals surface area contributed by atoms with Gasteiger partial charge in [0, 0.05) is 5.41 Å². The molecule has 0 aromatic rings. The van der Waals surface area contributed by atoms with Gasteiger partial charge in [0.05, 0.1) is 6.61 Å². The zero-order valence-corrected chi connectivity index (χ0v) is 20.6. The van der Waals surface area contributed by atoms with Gasteiger partial charge in [0.25, 0.3) is 0 Å². The van der Waals surface area contributed by atoms with Crippen molar-refractivity contribution in [2.45, 2.75) is 85.9 Å². The van der Waals surface area contributed by atoms with Crippen LogP contribution in [0.3, 0.4) is 0 Å². The van der Waals surface area contributed by atoms with E-state index in [0.717, 1.165) is 18.4 Å². The second kappa shape index (κ2) is 8.39. The highest BCUT2D eigenvalue weighted by molar-refractivity contribution is 14.1. The van der Waals surface area contributed by atoms with E-state index in [1.54, 1.807) is 3.58 Å². The lowest BCUT2D eigenvalue weighted by Gasteiger charge is -2.36. The summed E-state index contributed by atoms with van der Waals surface area (Å²) in [5, 5.41) is 0.289. The zero-order valence-electron chi connectivity index (χ0n) is 17.4. The van der Waals surface area contributed by atoms with Crippen LogP contribution < -0.4 is 0 Å². The van der Waals surface area contributed by atoms with E-state index in [-0.39, 0.29) is 5.04 Å². The van der Waals surface area contributed by atoms with Crippen LogP contribution in [0.15, 0.2) is 21.3 Å². The molecular formula is C21H39IOSi. The molecule has 0 amide bonds. The van der Waals surface area contributed by atoms with Crippen molar-refractivity contribution in [2.24, 2.45) is 17.3 Å². The van der Waals surface area contributed by atoms with Crippen molar-refractivity contribution in [2.75, 3.05) is 6.61 Å². The van der Waals surface area contributed by atoms with Crippen LogP contribution in [0, 0.1) is 17.3 Å². The normalized spacial score (nSPS) is 26.2. The lowest BCUT2D eigenvalue weighted by atomic mass is 9.71. The average Bonchev–Trinajstić information content (AvgIpc) is 2.72. The van der Waals surface area contributed by atoms with Crippen molar-refractivity contribution in [3.8, 4) is 0 Å². The summed E-state index contributed by atoms with van der Waals surface area (Å²) in [5.41, 5.74) is 1.85. The van der Waals surface area contributed by atoms with E-state index >= 15 is 0 Å². The highest BCUT2D eigenvalue weighted by Gasteiger charge is 2.41. The molecule has 0 saturated carbocycles. The number of rotatable bonds is 7. The second-order valence-electron chi connectivity index (χ2n) is 9.68. The van der Waals surface area contributed by atoms with Gasteiger partial charge in [0.1, 0.15) is 0 Å². The minimum Gasteiger partial charge on any atom is -0.413 e. The molecule has 1 aliphatic carbocycles. The zero-order chi connectivity index (χ0) is 18.8. The SMILES string of the molecule is C/C(=C\CO[Si](C)(C)C(C)(C)C)CC[C@]1(C)C(I)=CC[C@H]1C(C)C. The van der Waals surface area contributed by atoms with Crippen molar-refractivity contribution >= 4 is 30.9 Å². The molecule has 24 heavy (non-hydrogen) atoms. The van der Waals surface area contributed by atoms with Crippen LogP contribution >= 0.6 is 22.6 Å². The fourth-order valence-corrected chi connectivity index (χ4v) is 5.24. The predicted octanol–water partition coefficient (Wildman–Crippen LogP) is 7.74. The first kappa shape index (κ1) is 22.4. The van der Waals surface area contributed by atoms with Gasteiger partial charge in [0.2, 0.25) is 0 Å². The summed E-state index contributed by atoms with van der Waals surface area (Å²) < 4.78 is 7.86. The van der Waals surface area contributed by atoms with Crippen LogP contribution in [0.25, 0.3) is 0 Å². The molecule has 0 unspecified atom stereocenters. The first-order chi connectivity index (χ1) is 10.8. The standard InChI is InChI=1S/C21H39IOSi/c1-16(2)18-10-11-19(22)21(18,7)14-12-17(3)13-15-23-24(8,9)20(4,5)6/h11,13,16,18H,10,12,14-15H2,1-9H3/b17-13+/t18-,21-/m0/s1. The molecule has 0 heterocycles. The Kier molecular flexibility index (Phi) is 7.84. The predicted molar refractivity (Wildman–Crippen MR) is 119 cm³/mol. The van der Waals surface area contributed by atoms with E-state index in [0.29, 0.717) is 5.41 Å². The van der Waals surface area contributed by atoms with Crippen LogP contribution in [-0.4, -0.2) is 14.9 Å². The summed E-state index contributed by atoms with van der Waals surface area (Å²) in [7, 11) is -1.63. The van der Waals surface area contributed by atoms with Gasteiger partial charge in [0.15, 0.2) is 8.32 Å². The van der Waals surface area contributed by atoms with Crippen LogP contribution in [0.4, 0.5) is 0 Å². The summed E-state index contributed by atoms with van der Waals surface area (Å²) in [6.07, 6.45) is 8.47. The van der Waals surface area contributed by atoms with Gasteiger partial charge in [-0.2, -0.15) is 0 Å². The monoisotopic (exact) mass is 462 g/mol. The van der Waals surface area contributed by atoms with E-state index in [1.165, 1.54) is 24.8 Å². The summed E-state index contributed by atoms with van der Waals surface area (Å²) in [6.45, 7) is 21.8. The summed E-state index contributed by atoms with van der Waals surface area (Å²) >= 11 is 2.58. The van der Waals surface area contributed by atoms with Crippen LogP contribution in [-0.2, 0) is 4.43 Å². The molecule has 0 aromatic heterocycles. The number of halogens is 1. The van der Waals surface area contributed by atoms with Crippen LogP contribution in [0.5, 0.6) is 0 Å². The summed E-state index contributed by atoms with van der Waals surface area (Å²) in [4.78, 5) is 0. The van der Waals surface area contributed by atoms with Gasteiger partial charge in [-0.05, 0) is 82.3 Å². The Labute approximate surface area is 166 Å². The fourth-order valence-electron chi connectivity index (χ4n) is 3.38. The number of hydrogen-bond donors (Lipinski definition) is 0. The van der Waals surface area contributed by atoms with E-state index in [2.05, 4.69) is 96.3 Å². The molecule has 0 aliphatic heterocycles. The van der Waals surface area contributed by atoms with Gasteiger partial charge in [-0.1, -0.05) is 59.3 Å². The summed E-state index contributed by atoms with van der Waals surface area (Å²) in [5.74, 6) is 1.55. The minimum atomic E-state index is -1.63. The smallest absolute Gasteiger partial charge is 0.192 e. The lowest BCUT2D eigenvalue weighted by molar-refractivity contribution is 0.195. The van der Waals surface area contributed by atoms with Gasteiger partial charge in [-0.25, -0.2) is 0 Å². The molecule has 1 aliphatic rings. The molecule has 1 rings (SSSR count). The van der Waals surface area contributed by atoms with Crippen molar-refractivity contribution in [3.63, 3.8) is 0 Å². The molecule has 1 nitrogen and oxygen atoms in total. The maximum atomic E-state index is 6.29. The number of allylic oxidation sites excluding steroid dienone is 3. The molecule has 0 spiro atoms. The maximum absolute atomic E-state index is 6.29. The average molecular weight is 463 g/mol. The van der Waals surface area contributed by atoms with Crippen LogP contribution in [0.1, 0.15) is 67.7 Å². The molecule has 0 bridgehead atoms. The van der Waals surface area contributed by atoms with Gasteiger partial charge < -0.3 is 4.43 Å². The first-order valence-corrected chi connectivity index (χ1v) is 13.5. The van der Waals surface area contributed by atoms with Crippen LogP contribution in [0.2, 0.25) is 18.1 Å². The van der Waals surface area contributed by atoms with Gasteiger partial charge in [-0.15, -0.1) is 0 Å². The van der Waals surface area contributed by atoms with Crippen molar-refractivity contribution in [1.82, 2.24) is 0 Å². The largest absolute Gasteiger partial charge is 0.413 e. The first-order valence-electron chi connectivity index (χ1n) is 9.47. The Hall–Kier alpha value is 0.387. The molecule has 0 saturated heterocycles. The third-order valence-corrected chi connectivity index (χ3v) is 12.6. The van der Waals surface area contributed by atoms with Crippen molar-refractivity contribution < 1.29 is 4.43 Å².